The van der Waals surface area contributed by atoms with E-state index in [-0.39, 0.29) is 5.56 Å². The molecular weight excluding hydrogens is 345 g/mol. The molecule has 5 aromatic rings. The Morgan fingerprint density at radius 1 is 0.917 bits per heavy atom. The molecule has 0 aliphatic carbocycles. The van der Waals surface area contributed by atoms with Crippen molar-refractivity contribution in [2.75, 3.05) is 0 Å². The topological polar surface area (TPSA) is 50.2 Å². The average molecular weight is 354 g/mol. The van der Waals surface area contributed by atoms with Gasteiger partial charge in [0.1, 0.15) is 0 Å². The monoisotopic (exact) mass is 353 g/mol. The average Bonchev–Trinajstić information content (AvgIpc) is 2.98. The Bertz CT molecular complexity index is 1350. The van der Waals surface area contributed by atoms with Gasteiger partial charge in [0.25, 0.3) is 5.56 Å². The third-order valence-electron chi connectivity index (χ3n) is 4.33. The molecule has 0 amide bonds. The minimum absolute atomic E-state index is 0.0970. The number of H-pyrrole nitrogens is 1. The fourth-order valence-corrected chi connectivity index (χ4v) is 3.55. The number of aromatic nitrogens is 3. The fraction of sp³-hybridized carbons (Fsp3) is 0. The van der Waals surface area contributed by atoms with Crippen LogP contribution in [0.4, 0.5) is 0 Å². The zero-order valence-electron chi connectivity index (χ0n) is 12.2. The van der Waals surface area contributed by atoms with Gasteiger partial charge < -0.3 is 4.98 Å². The largest absolute Gasteiger partial charge is 0.350 e. The molecule has 116 valence electrons. The van der Waals surface area contributed by atoms with E-state index in [2.05, 4.69) is 9.97 Å². The van der Waals surface area contributed by atoms with Gasteiger partial charge in [-0.3, -0.25) is 9.20 Å². The fourth-order valence-electron chi connectivity index (χ4n) is 3.18. The Hall–Kier alpha value is -2.56. The van der Waals surface area contributed by atoms with Gasteiger partial charge in [-0.05, 0) is 24.3 Å². The van der Waals surface area contributed by atoms with Crippen LogP contribution in [0.15, 0.2) is 53.5 Å². The number of nitrogens with zero attached hydrogens (tertiary/aromatic N) is 2. The van der Waals surface area contributed by atoms with Crippen molar-refractivity contribution in [3.8, 4) is 0 Å². The molecule has 0 aliphatic heterocycles. The lowest BCUT2D eigenvalue weighted by Crippen LogP contribution is -2.15. The molecule has 4 nitrogen and oxygen atoms in total. The van der Waals surface area contributed by atoms with Crippen LogP contribution >= 0.6 is 23.2 Å². The van der Waals surface area contributed by atoms with Gasteiger partial charge in [-0.25, -0.2) is 4.98 Å². The molecule has 5 rings (SSSR count). The van der Waals surface area contributed by atoms with Gasteiger partial charge in [0.2, 0.25) is 0 Å². The van der Waals surface area contributed by atoms with E-state index in [0.29, 0.717) is 26.6 Å². The second kappa shape index (κ2) is 4.72. The van der Waals surface area contributed by atoms with Gasteiger partial charge in [0, 0.05) is 17.0 Å². The number of rotatable bonds is 0. The predicted molar refractivity (Wildman–Crippen MR) is 98.4 cm³/mol. The third kappa shape index (κ3) is 1.70. The first-order valence-corrected chi connectivity index (χ1v) is 8.10. The minimum atomic E-state index is -0.0970. The quantitative estimate of drug-likeness (QED) is 0.407. The first-order chi connectivity index (χ1) is 11.6. The summed E-state index contributed by atoms with van der Waals surface area (Å²) < 4.78 is 1.55. The predicted octanol–water partition coefficient (Wildman–Crippen LogP) is 4.79. The summed E-state index contributed by atoms with van der Waals surface area (Å²) in [4.78, 5) is 20.7. The first kappa shape index (κ1) is 13.8. The maximum atomic E-state index is 12.7. The number of aromatic amines is 1. The van der Waals surface area contributed by atoms with Crippen molar-refractivity contribution in [2.45, 2.75) is 0 Å². The summed E-state index contributed by atoms with van der Waals surface area (Å²) in [5.41, 5.74) is 2.65. The molecule has 0 fully saturated rings. The molecule has 0 saturated carbocycles. The maximum Gasteiger partial charge on any atom is 0.265 e. The van der Waals surface area contributed by atoms with Crippen molar-refractivity contribution in [3.05, 3.63) is 69.1 Å². The Labute approximate surface area is 145 Å². The normalized spacial score (nSPS) is 11.9. The van der Waals surface area contributed by atoms with Crippen molar-refractivity contribution >= 4 is 61.6 Å². The lowest BCUT2D eigenvalue weighted by atomic mass is 10.2. The van der Waals surface area contributed by atoms with Gasteiger partial charge in [-0.1, -0.05) is 41.4 Å². The van der Waals surface area contributed by atoms with Gasteiger partial charge in [-0.15, -0.1) is 0 Å². The van der Waals surface area contributed by atoms with Crippen molar-refractivity contribution in [1.82, 2.24) is 14.4 Å². The van der Waals surface area contributed by atoms with E-state index in [1.807, 2.05) is 30.3 Å². The van der Waals surface area contributed by atoms with E-state index in [0.717, 1.165) is 21.8 Å². The molecular formula is C18H9Cl2N3O. The Balaban J connectivity index is 2.07. The number of nitrogens with one attached hydrogen (secondary N) is 1. The third-order valence-corrected chi connectivity index (χ3v) is 5.13. The van der Waals surface area contributed by atoms with E-state index in [4.69, 9.17) is 23.2 Å². The zero-order chi connectivity index (χ0) is 16.4. The highest BCUT2D eigenvalue weighted by molar-refractivity contribution is 6.45. The number of pyridine rings is 1. The van der Waals surface area contributed by atoms with E-state index in [1.165, 1.54) is 0 Å². The van der Waals surface area contributed by atoms with E-state index >= 15 is 0 Å². The maximum absolute atomic E-state index is 12.7. The van der Waals surface area contributed by atoms with Crippen molar-refractivity contribution in [1.29, 1.82) is 0 Å². The highest BCUT2D eigenvalue weighted by Gasteiger charge is 2.14. The smallest absolute Gasteiger partial charge is 0.265 e. The lowest BCUT2D eigenvalue weighted by Gasteiger charge is -2.04. The van der Waals surface area contributed by atoms with Crippen LogP contribution in [0, 0.1) is 0 Å². The summed E-state index contributed by atoms with van der Waals surface area (Å²) in [6, 6.07) is 12.9. The van der Waals surface area contributed by atoms with Crippen LogP contribution in [0.5, 0.6) is 0 Å². The molecule has 3 heterocycles. The van der Waals surface area contributed by atoms with Gasteiger partial charge in [0.15, 0.2) is 5.65 Å². The van der Waals surface area contributed by atoms with E-state index in [1.54, 1.807) is 22.7 Å². The number of fused-ring (bicyclic) bond motifs is 6. The Kier molecular flexibility index (Phi) is 2.72. The number of benzene rings is 2. The molecule has 3 aromatic heterocycles. The van der Waals surface area contributed by atoms with Crippen molar-refractivity contribution < 1.29 is 0 Å². The van der Waals surface area contributed by atoms with Gasteiger partial charge >= 0.3 is 0 Å². The van der Waals surface area contributed by atoms with E-state index < -0.39 is 0 Å². The summed E-state index contributed by atoms with van der Waals surface area (Å²) in [5, 5.41) is 3.43. The summed E-state index contributed by atoms with van der Waals surface area (Å²) in [7, 11) is 0. The first-order valence-electron chi connectivity index (χ1n) is 7.34. The summed E-state index contributed by atoms with van der Waals surface area (Å²) in [5.74, 6) is 0. The van der Waals surface area contributed by atoms with Crippen LogP contribution in [0.25, 0.3) is 38.4 Å². The summed E-state index contributed by atoms with van der Waals surface area (Å²) in [6.07, 6.45) is 1.75. The number of hydrogen-bond donors (Lipinski definition) is 1. The summed E-state index contributed by atoms with van der Waals surface area (Å²) >= 11 is 12.4. The van der Waals surface area contributed by atoms with Gasteiger partial charge in [-0.2, -0.15) is 0 Å². The second-order valence-corrected chi connectivity index (χ2v) is 6.43. The Morgan fingerprint density at radius 3 is 2.58 bits per heavy atom. The Morgan fingerprint density at radius 2 is 1.71 bits per heavy atom. The molecule has 0 unspecified atom stereocenters. The standard InChI is InChI=1S/C18H9Cl2N3O/c19-12-6-5-9-10-7-8-23-17(16(10)22-15(9)14(12)20)21-13-4-2-1-3-11(13)18(23)24/h1-8,22H. The van der Waals surface area contributed by atoms with Crippen molar-refractivity contribution in [2.24, 2.45) is 0 Å². The highest BCUT2D eigenvalue weighted by atomic mass is 35.5. The molecule has 0 atom stereocenters. The molecule has 0 saturated heterocycles. The van der Waals surface area contributed by atoms with Crippen LogP contribution < -0.4 is 5.56 Å². The van der Waals surface area contributed by atoms with Gasteiger partial charge in [0.05, 0.1) is 32.0 Å². The summed E-state index contributed by atoms with van der Waals surface area (Å²) in [6.45, 7) is 0. The number of hydrogen-bond acceptors (Lipinski definition) is 2. The molecule has 6 heteroatoms. The van der Waals surface area contributed by atoms with Crippen molar-refractivity contribution in [3.63, 3.8) is 0 Å². The molecule has 0 aliphatic rings. The molecule has 2 aromatic carbocycles. The van der Waals surface area contributed by atoms with Crippen LogP contribution in [-0.4, -0.2) is 14.4 Å². The highest BCUT2D eigenvalue weighted by Crippen LogP contribution is 2.35. The lowest BCUT2D eigenvalue weighted by molar-refractivity contribution is 1.09. The van der Waals surface area contributed by atoms with E-state index in [9.17, 15) is 4.79 Å². The van der Waals surface area contributed by atoms with Crippen LogP contribution in [0.2, 0.25) is 10.0 Å². The van der Waals surface area contributed by atoms with Crippen LogP contribution in [0.3, 0.4) is 0 Å². The minimum Gasteiger partial charge on any atom is -0.350 e. The SMILES string of the molecule is O=c1c2ccccc2nc2c3[nH]c4c(Cl)c(Cl)ccc4c3ccn12. The van der Waals surface area contributed by atoms with Crippen LogP contribution in [-0.2, 0) is 0 Å². The molecule has 24 heavy (non-hydrogen) atoms. The number of halogens is 2. The molecule has 0 spiro atoms. The molecule has 0 radical (unpaired) electrons. The number of para-hydroxylation sites is 1. The molecule has 0 bridgehead atoms. The van der Waals surface area contributed by atoms with Crippen LogP contribution in [0.1, 0.15) is 0 Å². The zero-order valence-corrected chi connectivity index (χ0v) is 13.7. The molecule has 1 N–H and O–H groups in total. The second-order valence-electron chi connectivity index (χ2n) is 5.64.